The lowest BCUT2D eigenvalue weighted by molar-refractivity contribution is 0.0999. The summed E-state index contributed by atoms with van der Waals surface area (Å²) in [5, 5.41) is 2.93. The number of thiazole rings is 1. The maximum atomic E-state index is 11.9. The van der Waals surface area contributed by atoms with Gasteiger partial charge in [-0.25, -0.2) is 4.98 Å². The molecule has 0 saturated heterocycles. The molecule has 146 valence electrons. The van der Waals surface area contributed by atoms with E-state index >= 15 is 0 Å². The number of benzene rings is 2. The lowest BCUT2D eigenvalue weighted by atomic mass is 10.2. The van der Waals surface area contributed by atoms with Gasteiger partial charge in [0.05, 0.1) is 24.1 Å². The van der Waals surface area contributed by atoms with E-state index in [9.17, 15) is 4.79 Å². The van der Waals surface area contributed by atoms with Crippen LogP contribution in [0.15, 0.2) is 66.0 Å². The van der Waals surface area contributed by atoms with E-state index < -0.39 is 5.91 Å². The quantitative estimate of drug-likeness (QED) is 0.505. The number of ether oxygens (including phenoxy) is 1. The van der Waals surface area contributed by atoms with E-state index in [0.29, 0.717) is 12.1 Å². The summed E-state index contributed by atoms with van der Waals surface area (Å²) in [6, 6.07) is 19.8. The Kier molecular flexibility index (Phi) is 5.18. The zero-order valence-electron chi connectivity index (χ0n) is 16.3. The first-order valence-electron chi connectivity index (χ1n) is 9.21. The van der Waals surface area contributed by atoms with Crippen LogP contribution in [0.25, 0.3) is 22.0 Å². The molecular formula is C23H21N3O2S. The standard InChI is InChI=1S/C23H21N3O2S/c1-15-19(22(24)27)12-21(26(15)13-16-6-4-3-5-7-16)20-14-29-23(25-20)17-8-10-18(28-2)11-9-17/h3-12,14H,13H2,1-2H3,(H2,24,27). The molecule has 6 heteroatoms. The monoisotopic (exact) mass is 403 g/mol. The highest BCUT2D eigenvalue weighted by Crippen LogP contribution is 2.32. The van der Waals surface area contributed by atoms with Gasteiger partial charge in [-0.3, -0.25) is 4.79 Å². The highest BCUT2D eigenvalue weighted by molar-refractivity contribution is 7.13. The molecule has 0 aliphatic heterocycles. The molecule has 2 aromatic heterocycles. The second-order valence-electron chi connectivity index (χ2n) is 6.73. The van der Waals surface area contributed by atoms with Crippen molar-refractivity contribution in [3.05, 3.63) is 82.9 Å². The minimum Gasteiger partial charge on any atom is -0.497 e. The molecule has 0 saturated carbocycles. The van der Waals surface area contributed by atoms with Crippen molar-refractivity contribution in [3.63, 3.8) is 0 Å². The Labute approximate surface area is 173 Å². The molecular weight excluding hydrogens is 382 g/mol. The molecule has 0 atom stereocenters. The Bertz CT molecular complexity index is 1140. The van der Waals surface area contributed by atoms with E-state index in [0.717, 1.165) is 39.0 Å². The summed E-state index contributed by atoms with van der Waals surface area (Å²) in [6.45, 7) is 2.56. The maximum Gasteiger partial charge on any atom is 0.250 e. The smallest absolute Gasteiger partial charge is 0.250 e. The predicted molar refractivity (Wildman–Crippen MR) is 116 cm³/mol. The van der Waals surface area contributed by atoms with Crippen molar-refractivity contribution >= 4 is 17.2 Å². The van der Waals surface area contributed by atoms with E-state index in [1.165, 1.54) is 0 Å². The molecule has 0 spiro atoms. The van der Waals surface area contributed by atoms with E-state index in [2.05, 4.69) is 16.7 Å². The number of carbonyl (C=O) groups is 1. The average molecular weight is 404 g/mol. The van der Waals surface area contributed by atoms with Crippen molar-refractivity contribution in [1.29, 1.82) is 0 Å². The molecule has 2 N–H and O–H groups in total. The van der Waals surface area contributed by atoms with E-state index in [-0.39, 0.29) is 0 Å². The van der Waals surface area contributed by atoms with Crippen LogP contribution in [0, 0.1) is 6.92 Å². The van der Waals surface area contributed by atoms with Gasteiger partial charge >= 0.3 is 0 Å². The van der Waals surface area contributed by atoms with Crippen molar-refractivity contribution in [1.82, 2.24) is 9.55 Å². The largest absolute Gasteiger partial charge is 0.497 e. The summed E-state index contributed by atoms with van der Waals surface area (Å²) in [5.74, 6) is 0.380. The fourth-order valence-electron chi connectivity index (χ4n) is 3.33. The number of nitrogens with two attached hydrogens (primary N) is 1. The van der Waals surface area contributed by atoms with Crippen LogP contribution in [0.2, 0.25) is 0 Å². The van der Waals surface area contributed by atoms with Gasteiger partial charge in [0.25, 0.3) is 5.91 Å². The Morgan fingerprint density at radius 3 is 2.52 bits per heavy atom. The second kappa shape index (κ2) is 7.93. The minimum atomic E-state index is -0.429. The SMILES string of the molecule is COc1ccc(-c2nc(-c3cc(C(N)=O)c(C)n3Cc3ccccc3)cs2)cc1. The number of rotatable bonds is 6. The third kappa shape index (κ3) is 3.79. The van der Waals surface area contributed by atoms with Gasteiger partial charge in [-0.15, -0.1) is 11.3 Å². The van der Waals surface area contributed by atoms with Crippen LogP contribution in [0.1, 0.15) is 21.6 Å². The van der Waals surface area contributed by atoms with Crippen LogP contribution < -0.4 is 10.5 Å². The molecule has 0 aliphatic carbocycles. The highest BCUT2D eigenvalue weighted by Gasteiger charge is 2.19. The number of aromatic nitrogens is 2. The topological polar surface area (TPSA) is 70.1 Å². The summed E-state index contributed by atoms with van der Waals surface area (Å²) in [7, 11) is 1.65. The molecule has 0 bridgehead atoms. The summed E-state index contributed by atoms with van der Waals surface area (Å²) in [5.41, 5.74) is 10.9. The van der Waals surface area contributed by atoms with Crippen LogP contribution >= 0.6 is 11.3 Å². The van der Waals surface area contributed by atoms with Crippen molar-refractivity contribution in [2.24, 2.45) is 5.73 Å². The average Bonchev–Trinajstić information content (AvgIpc) is 3.34. The van der Waals surface area contributed by atoms with Crippen LogP contribution in [0.3, 0.4) is 0 Å². The minimum absolute atomic E-state index is 0.429. The fourth-order valence-corrected chi connectivity index (χ4v) is 4.15. The number of primary amides is 1. The lowest BCUT2D eigenvalue weighted by Crippen LogP contribution is -2.12. The zero-order valence-corrected chi connectivity index (χ0v) is 17.1. The first-order chi connectivity index (χ1) is 14.1. The number of nitrogens with zero attached hydrogens (tertiary/aromatic N) is 2. The number of methoxy groups -OCH3 is 1. The third-order valence-electron chi connectivity index (χ3n) is 4.92. The van der Waals surface area contributed by atoms with Crippen molar-refractivity contribution in [2.45, 2.75) is 13.5 Å². The molecule has 2 aromatic carbocycles. The predicted octanol–water partition coefficient (Wildman–Crippen LogP) is 4.74. The molecule has 0 radical (unpaired) electrons. The van der Waals surface area contributed by atoms with Gasteiger partial charge in [-0.05, 0) is 42.8 Å². The van der Waals surface area contributed by atoms with E-state index in [1.807, 2.05) is 60.8 Å². The van der Waals surface area contributed by atoms with Crippen molar-refractivity contribution in [3.8, 4) is 27.7 Å². The van der Waals surface area contributed by atoms with Crippen LogP contribution in [-0.4, -0.2) is 22.6 Å². The molecule has 1 amide bonds. The summed E-state index contributed by atoms with van der Waals surface area (Å²) in [4.78, 5) is 16.8. The lowest BCUT2D eigenvalue weighted by Gasteiger charge is -2.11. The fraction of sp³-hybridized carbons (Fsp3) is 0.130. The molecule has 2 heterocycles. The Morgan fingerprint density at radius 2 is 1.86 bits per heavy atom. The van der Waals surface area contributed by atoms with Gasteiger partial charge in [-0.1, -0.05) is 30.3 Å². The molecule has 5 nitrogen and oxygen atoms in total. The summed E-state index contributed by atoms with van der Waals surface area (Å²) < 4.78 is 7.33. The molecule has 0 unspecified atom stereocenters. The molecule has 0 aliphatic rings. The number of carbonyl (C=O) groups excluding carboxylic acids is 1. The van der Waals surface area contributed by atoms with Gasteiger partial charge < -0.3 is 15.0 Å². The van der Waals surface area contributed by atoms with Crippen molar-refractivity contribution < 1.29 is 9.53 Å². The van der Waals surface area contributed by atoms with E-state index in [4.69, 9.17) is 15.5 Å². The number of hydrogen-bond donors (Lipinski definition) is 1. The summed E-state index contributed by atoms with van der Waals surface area (Å²) >= 11 is 1.57. The third-order valence-corrected chi connectivity index (χ3v) is 5.81. The van der Waals surface area contributed by atoms with Crippen molar-refractivity contribution in [2.75, 3.05) is 7.11 Å². The Morgan fingerprint density at radius 1 is 1.14 bits per heavy atom. The van der Waals surface area contributed by atoms with Gasteiger partial charge in [0.15, 0.2) is 0 Å². The second-order valence-corrected chi connectivity index (χ2v) is 7.59. The first kappa shape index (κ1) is 19.0. The number of amides is 1. The van der Waals surface area contributed by atoms with E-state index in [1.54, 1.807) is 18.4 Å². The van der Waals surface area contributed by atoms with Crippen LogP contribution in [-0.2, 0) is 6.54 Å². The zero-order chi connectivity index (χ0) is 20.4. The molecule has 29 heavy (non-hydrogen) atoms. The normalized spacial score (nSPS) is 10.8. The molecule has 4 aromatic rings. The Hall–Kier alpha value is -3.38. The van der Waals surface area contributed by atoms with Gasteiger partial charge in [0.2, 0.25) is 0 Å². The molecule has 0 fully saturated rings. The maximum absolute atomic E-state index is 11.9. The number of hydrogen-bond acceptors (Lipinski definition) is 4. The molecule has 4 rings (SSSR count). The highest BCUT2D eigenvalue weighted by atomic mass is 32.1. The summed E-state index contributed by atoms with van der Waals surface area (Å²) in [6.07, 6.45) is 0. The van der Waals surface area contributed by atoms with Crippen LogP contribution in [0.4, 0.5) is 0 Å². The van der Waals surface area contributed by atoms with Crippen LogP contribution in [0.5, 0.6) is 5.75 Å². The van der Waals surface area contributed by atoms with Gasteiger partial charge in [0, 0.05) is 23.2 Å². The first-order valence-corrected chi connectivity index (χ1v) is 10.1. The Balaban J connectivity index is 1.75. The van der Waals surface area contributed by atoms with Gasteiger partial charge in [0.1, 0.15) is 10.8 Å². The van der Waals surface area contributed by atoms with Gasteiger partial charge in [-0.2, -0.15) is 0 Å².